The zero-order valence-electron chi connectivity index (χ0n) is 9.16. The van der Waals surface area contributed by atoms with E-state index in [1.54, 1.807) is 0 Å². The molecule has 2 N–H and O–H groups in total. The molecule has 1 unspecified atom stereocenters. The molecule has 0 saturated heterocycles. The Morgan fingerprint density at radius 3 is 2.43 bits per heavy atom. The molecule has 0 spiro atoms. The van der Waals surface area contributed by atoms with Gasteiger partial charge in [-0.3, -0.25) is 0 Å². The zero-order chi connectivity index (χ0) is 10.6. The van der Waals surface area contributed by atoms with Crippen LogP contribution in [0.4, 0.5) is 0 Å². The highest BCUT2D eigenvalue weighted by molar-refractivity contribution is 5.14. The summed E-state index contributed by atoms with van der Waals surface area (Å²) in [6, 6.07) is 0. The van der Waals surface area contributed by atoms with E-state index in [4.69, 9.17) is 10.3 Å². The fraction of sp³-hybridized carbons (Fsp3) is 0.800. The highest BCUT2D eigenvalue weighted by Crippen LogP contribution is 2.58. The summed E-state index contributed by atoms with van der Waals surface area (Å²) in [5.41, 5.74) is 5.68. The van der Waals surface area contributed by atoms with Crippen molar-refractivity contribution < 1.29 is 4.52 Å². The maximum Gasteiger partial charge on any atom is 0.230 e. The molecule has 1 fully saturated rings. The number of nitrogens with zero attached hydrogens (tertiary/aromatic N) is 2. The molecule has 1 aromatic heterocycles. The second-order valence-corrected chi connectivity index (χ2v) is 5.42. The summed E-state index contributed by atoms with van der Waals surface area (Å²) in [7, 11) is 0. The van der Waals surface area contributed by atoms with Crippen LogP contribution in [-0.2, 0) is 5.54 Å². The Hall–Kier alpha value is -0.900. The van der Waals surface area contributed by atoms with Crippen LogP contribution in [0.1, 0.15) is 51.7 Å². The van der Waals surface area contributed by atoms with Gasteiger partial charge in [0.2, 0.25) is 5.89 Å². The lowest BCUT2D eigenvalue weighted by Crippen LogP contribution is -2.30. The molecular formula is C10H17N3O. The summed E-state index contributed by atoms with van der Waals surface area (Å²) in [6.07, 6.45) is 1.12. The lowest BCUT2D eigenvalue weighted by Gasteiger charge is -2.11. The molecule has 4 heteroatoms. The summed E-state index contributed by atoms with van der Waals surface area (Å²) in [5.74, 6) is 1.75. The topological polar surface area (TPSA) is 64.9 Å². The predicted octanol–water partition coefficient (Wildman–Crippen LogP) is 1.78. The van der Waals surface area contributed by atoms with Gasteiger partial charge >= 0.3 is 0 Å². The summed E-state index contributed by atoms with van der Waals surface area (Å²) < 4.78 is 5.21. The lowest BCUT2D eigenvalue weighted by molar-refractivity contribution is 0.353. The van der Waals surface area contributed by atoms with Gasteiger partial charge in [-0.2, -0.15) is 4.98 Å². The molecule has 78 valence electrons. The summed E-state index contributed by atoms with van der Waals surface area (Å²) >= 11 is 0. The lowest BCUT2D eigenvalue weighted by atomic mass is 10.1. The Morgan fingerprint density at radius 2 is 2.07 bits per heavy atom. The molecular weight excluding hydrogens is 178 g/mol. The van der Waals surface area contributed by atoms with E-state index < -0.39 is 5.54 Å². The smallest absolute Gasteiger partial charge is 0.230 e. The largest absolute Gasteiger partial charge is 0.339 e. The molecule has 0 radical (unpaired) electrons. The normalized spacial score (nSPS) is 25.1. The van der Waals surface area contributed by atoms with Crippen LogP contribution >= 0.6 is 0 Å². The minimum absolute atomic E-state index is 0.322. The van der Waals surface area contributed by atoms with Gasteiger partial charge in [0.05, 0.1) is 5.54 Å². The van der Waals surface area contributed by atoms with Crippen LogP contribution in [0.25, 0.3) is 0 Å². The Bertz CT molecular complexity index is 348. The molecule has 14 heavy (non-hydrogen) atoms. The number of nitrogens with two attached hydrogens (primary N) is 1. The van der Waals surface area contributed by atoms with Crippen LogP contribution in [0, 0.1) is 5.41 Å². The highest BCUT2D eigenvalue weighted by Gasteiger charge is 2.50. The van der Waals surface area contributed by atoms with Crippen molar-refractivity contribution in [2.45, 2.75) is 45.6 Å². The average molecular weight is 195 g/mol. The standard InChI is InChI=1S/C10H17N3O/c1-9(2)5-6(9)7-12-8(13-14-7)10(3,4)11/h6H,5,11H2,1-4H3. The zero-order valence-corrected chi connectivity index (χ0v) is 9.16. The summed E-state index contributed by atoms with van der Waals surface area (Å²) in [5, 5.41) is 3.90. The van der Waals surface area contributed by atoms with Gasteiger partial charge in [-0.25, -0.2) is 0 Å². The van der Waals surface area contributed by atoms with Crippen molar-refractivity contribution in [2.24, 2.45) is 11.1 Å². The number of rotatable bonds is 2. The number of hydrogen-bond acceptors (Lipinski definition) is 4. The second-order valence-electron chi connectivity index (χ2n) is 5.42. The Balaban J connectivity index is 2.20. The molecule has 0 aromatic carbocycles. The minimum atomic E-state index is -0.513. The van der Waals surface area contributed by atoms with Gasteiger partial charge in [-0.1, -0.05) is 19.0 Å². The monoisotopic (exact) mass is 195 g/mol. The van der Waals surface area contributed by atoms with E-state index in [1.807, 2.05) is 13.8 Å². The third-order valence-electron chi connectivity index (χ3n) is 2.83. The van der Waals surface area contributed by atoms with Gasteiger partial charge in [0, 0.05) is 5.92 Å². The van der Waals surface area contributed by atoms with Crippen LogP contribution in [0.5, 0.6) is 0 Å². The third-order valence-corrected chi connectivity index (χ3v) is 2.83. The number of aromatic nitrogens is 2. The highest BCUT2D eigenvalue weighted by atomic mass is 16.5. The fourth-order valence-corrected chi connectivity index (χ4v) is 1.53. The van der Waals surface area contributed by atoms with E-state index in [9.17, 15) is 0 Å². The fourth-order valence-electron chi connectivity index (χ4n) is 1.53. The molecule has 1 aliphatic carbocycles. The van der Waals surface area contributed by atoms with E-state index >= 15 is 0 Å². The van der Waals surface area contributed by atoms with E-state index in [0.717, 1.165) is 12.3 Å². The van der Waals surface area contributed by atoms with Gasteiger partial charge in [0.15, 0.2) is 5.82 Å². The van der Waals surface area contributed by atoms with Crippen molar-refractivity contribution in [1.82, 2.24) is 10.1 Å². The molecule has 0 bridgehead atoms. The second kappa shape index (κ2) is 2.57. The number of hydrogen-bond donors (Lipinski definition) is 1. The SMILES string of the molecule is CC(C)(N)c1noc(C2CC2(C)C)n1. The van der Waals surface area contributed by atoms with E-state index in [-0.39, 0.29) is 0 Å². The minimum Gasteiger partial charge on any atom is -0.339 e. The Kier molecular flexibility index (Phi) is 1.77. The van der Waals surface area contributed by atoms with E-state index in [0.29, 0.717) is 17.2 Å². The van der Waals surface area contributed by atoms with Crippen molar-refractivity contribution in [3.8, 4) is 0 Å². The third kappa shape index (κ3) is 1.54. The maximum atomic E-state index is 5.87. The average Bonchev–Trinajstić information content (AvgIpc) is 2.48. The first-order valence-corrected chi connectivity index (χ1v) is 4.94. The molecule has 1 atom stereocenters. The van der Waals surface area contributed by atoms with E-state index in [1.165, 1.54) is 0 Å². The van der Waals surface area contributed by atoms with Crippen LogP contribution in [0.3, 0.4) is 0 Å². The molecule has 0 aliphatic heterocycles. The van der Waals surface area contributed by atoms with Crippen molar-refractivity contribution in [1.29, 1.82) is 0 Å². The maximum absolute atomic E-state index is 5.87. The van der Waals surface area contributed by atoms with Crippen molar-refractivity contribution in [3.63, 3.8) is 0 Å². The quantitative estimate of drug-likeness (QED) is 0.781. The summed E-state index contributed by atoms with van der Waals surface area (Å²) in [6.45, 7) is 8.16. The van der Waals surface area contributed by atoms with Crippen LogP contribution in [-0.4, -0.2) is 10.1 Å². The molecule has 0 amide bonds. The van der Waals surface area contributed by atoms with E-state index in [2.05, 4.69) is 24.0 Å². The van der Waals surface area contributed by atoms with Crippen LogP contribution < -0.4 is 5.73 Å². The van der Waals surface area contributed by atoms with Crippen molar-refractivity contribution >= 4 is 0 Å². The molecule has 1 saturated carbocycles. The van der Waals surface area contributed by atoms with Gasteiger partial charge in [-0.05, 0) is 25.7 Å². The summed E-state index contributed by atoms with van der Waals surface area (Å²) in [4.78, 5) is 4.34. The Morgan fingerprint density at radius 1 is 1.50 bits per heavy atom. The van der Waals surface area contributed by atoms with Gasteiger partial charge < -0.3 is 10.3 Å². The van der Waals surface area contributed by atoms with Crippen molar-refractivity contribution in [2.75, 3.05) is 0 Å². The molecule has 2 rings (SSSR count). The first-order valence-electron chi connectivity index (χ1n) is 4.94. The van der Waals surface area contributed by atoms with Crippen LogP contribution in [0.2, 0.25) is 0 Å². The molecule has 1 aromatic rings. The first kappa shape index (κ1) is 9.65. The predicted molar refractivity (Wildman–Crippen MR) is 52.7 cm³/mol. The first-order chi connectivity index (χ1) is 6.31. The van der Waals surface area contributed by atoms with Crippen molar-refractivity contribution in [3.05, 3.63) is 11.7 Å². The molecule has 1 heterocycles. The molecule has 1 aliphatic rings. The van der Waals surface area contributed by atoms with Crippen LogP contribution in [0.15, 0.2) is 4.52 Å². The Labute approximate surface area is 83.9 Å². The molecule has 4 nitrogen and oxygen atoms in total. The van der Waals surface area contributed by atoms with Gasteiger partial charge in [0.1, 0.15) is 0 Å². The van der Waals surface area contributed by atoms with Gasteiger partial charge in [0.25, 0.3) is 0 Å². The van der Waals surface area contributed by atoms with Gasteiger partial charge in [-0.15, -0.1) is 0 Å².